The molecule has 6 nitrogen and oxygen atoms in total. The number of H-pyrrole nitrogens is 1. The third-order valence-corrected chi connectivity index (χ3v) is 5.06. The number of aryl methyl sites for hydroxylation is 1. The summed E-state index contributed by atoms with van der Waals surface area (Å²) in [5, 5.41) is 7.02. The Morgan fingerprint density at radius 2 is 1.93 bits per heavy atom. The molecule has 2 aromatic carbocycles. The van der Waals surface area contributed by atoms with Gasteiger partial charge in [0.05, 0.1) is 5.69 Å². The van der Waals surface area contributed by atoms with Crippen molar-refractivity contribution in [1.82, 2.24) is 20.1 Å². The topological polar surface area (TPSA) is 65.1 Å². The van der Waals surface area contributed by atoms with Crippen molar-refractivity contribution < 1.29 is 4.79 Å². The number of fused-ring (bicyclic) bond motifs is 2. The highest BCUT2D eigenvalue weighted by molar-refractivity contribution is 6.08. The van der Waals surface area contributed by atoms with Crippen molar-refractivity contribution in [1.29, 1.82) is 0 Å². The third kappa shape index (κ3) is 2.79. The fourth-order valence-electron chi connectivity index (χ4n) is 3.62. The number of allylic oxidation sites excluding steroid dienone is 1. The standard InChI is InChI=1S/C22H19N5O/c1-15-23-21(25-24-15)16-8-10-17(11-9-16)22(28)27-14-19-6-4-12-26(19)13-18-5-2-3-7-20(18)27/h2-5,7-12,14H,6,13H2,1H3,(H,23,24,25). The number of benzene rings is 2. The smallest absolute Gasteiger partial charge is 0.262 e. The second-order valence-corrected chi connectivity index (χ2v) is 6.96. The van der Waals surface area contributed by atoms with Crippen LogP contribution in [0.2, 0.25) is 0 Å². The summed E-state index contributed by atoms with van der Waals surface area (Å²) in [5.41, 5.74) is 4.68. The second kappa shape index (κ2) is 6.49. The molecule has 3 aromatic rings. The van der Waals surface area contributed by atoms with Crippen molar-refractivity contribution in [3.8, 4) is 11.4 Å². The van der Waals surface area contributed by atoms with E-state index in [1.165, 1.54) is 0 Å². The van der Waals surface area contributed by atoms with Crippen LogP contribution in [0.15, 0.2) is 72.7 Å². The first-order valence-electron chi connectivity index (χ1n) is 9.24. The number of amides is 1. The Morgan fingerprint density at radius 3 is 2.71 bits per heavy atom. The summed E-state index contributed by atoms with van der Waals surface area (Å²) in [6.45, 7) is 2.63. The van der Waals surface area contributed by atoms with Crippen LogP contribution in [-0.4, -0.2) is 26.0 Å². The van der Waals surface area contributed by atoms with Gasteiger partial charge in [0, 0.05) is 42.2 Å². The molecule has 0 unspecified atom stereocenters. The van der Waals surface area contributed by atoms with E-state index in [2.05, 4.69) is 38.4 Å². The lowest BCUT2D eigenvalue weighted by atomic mass is 10.1. The van der Waals surface area contributed by atoms with Gasteiger partial charge in [0.15, 0.2) is 5.82 Å². The molecule has 3 heterocycles. The van der Waals surface area contributed by atoms with Crippen molar-refractivity contribution in [2.24, 2.45) is 0 Å². The average molecular weight is 369 g/mol. The molecule has 5 rings (SSSR count). The van der Waals surface area contributed by atoms with Crippen molar-refractivity contribution in [2.45, 2.75) is 19.9 Å². The number of aromatic nitrogens is 3. The van der Waals surface area contributed by atoms with Gasteiger partial charge in [-0.3, -0.25) is 14.8 Å². The zero-order valence-electron chi connectivity index (χ0n) is 15.5. The molecule has 0 radical (unpaired) electrons. The number of hydrogen-bond donors (Lipinski definition) is 1. The molecule has 0 saturated heterocycles. The Labute approximate surface area is 162 Å². The van der Waals surface area contributed by atoms with Gasteiger partial charge in [0.1, 0.15) is 5.82 Å². The highest BCUT2D eigenvalue weighted by Crippen LogP contribution is 2.33. The van der Waals surface area contributed by atoms with E-state index in [0.717, 1.165) is 41.3 Å². The molecule has 138 valence electrons. The summed E-state index contributed by atoms with van der Waals surface area (Å²) >= 11 is 0. The van der Waals surface area contributed by atoms with Gasteiger partial charge >= 0.3 is 0 Å². The van der Waals surface area contributed by atoms with Gasteiger partial charge in [-0.15, -0.1) is 0 Å². The summed E-state index contributed by atoms with van der Waals surface area (Å²) in [7, 11) is 0. The predicted octanol–water partition coefficient (Wildman–Crippen LogP) is 4.00. The molecular formula is C22H19N5O. The van der Waals surface area contributed by atoms with Gasteiger partial charge in [-0.2, -0.15) is 5.10 Å². The van der Waals surface area contributed by atoms with Crippen LogP contribution in [0.1, 0.15) is 28.2 Å². The van der Waals surface area contributed by atoms with Crippen LogP contribution in [0.5, 0.6) is 0 Å². The zero-order chi connectivity index (χ0) is 19.1. The summed E-state index contributed by atoms with van der Waals surface area (Å²) < 4.78 is 0. The van der Waals surface area contributed by atoms with Crippen molar-refractivity contribution in [3.05, 3.63) is 89.7 Å². The molecular weight excluding hydrogens is 350 g/mol. The van der Waals surface area contributed by atoms with Gasteiger partial charge < -0.3 is 4.90 Å². The lowest BCUT2D eigenvalue weighted by Crippen LogP contribution is -2.26. The van der Waals surface area contributed by atoms with Crippen LogP contribution in [0, 0.1) is 6.92 Å². The van der Waals surface area contributed by atoms with Crippen molar-refractivity contribution >= 4 is 11.6 Å². The second-order valence-electron chi connectivity index (χ2n) is 6.96. The molecule has 6 heteroatoms. The Hall–Kier alpha value is -3.67. The largest absolute Gasteiger partial charge is 0.346 e. The first kappa shape index (κ1) is 16.5. The van der Waals surface area contributed by atoms with Gasteiger partial charge in [-0.25, -0.2) is 4.98 Å². The molecule has 2 aliphatic rings. The monoisotopic (exact) mass is 369 g/mol. The van der Waals surface area contributed by atoms with E-state index in [9.17, 15) is 4.79 Å². The van der Waals surface area contributed by atoms with E-state index in [4.69, 9.17) is 0 Å². The van der Waals surface area contributed by atoms with Gasteiger partial charge in [0.2, 0.25) is 0 Å². The van der Waals surface area contributed by atoms with Gasteiger partial charge in [0.25, 0.3) is 5.91 Å². The number of carbonyl (C=O) groups is 1. The fraction of sp³-hybridized carbons (Fsp3) is 0.136. The number of carbonyl (C=O) groups excluding carboxylic acids is 1. The molecule has 0 fully saturated rings. The van der Waals surface area contributed by atoms with Crippen LogP contribution in [0.3, 0.4) is 0 Å². The number of para-hydroxylation sites is 1. The number of nitrogens with one attached hydrogen (secondary N) is 1. The summed E-state index contributed by atoms with van der Waals surface area (Å²) in [6, 6.07) is 15.5. The van der Waals surface area contributed by atoms with Crippen LogP contribution < -0.4 is 4.90 Å². The number of rotatable bonds is 2. The third-order valence-electron chi connectivity index (χ3n) is 5.06. The van der Waals surface area contributed by atoms with Crippen molar-refractivity contribution in [2.75, 3.05) is 4.90 Å². The Morgan fingerprint density at radius 1 is 1.11 bits per heavy atom. The van der Waals surface area contributed by atoms with Gasteiger partial charge in [-0.1, -0.05) is 36.4 Å². The zero-order valence-corrected chi connectivity index (χ0v) is 15.5. The predicted molar refractivity (Wildman–Crippen MR) is 107 cm³/mol. The maximum absolute atomic E-state index is 13.4. The SMILES string of the molecule is Cc1nc(-c2ccc(C(=O)N3C=C4CC=CN4Cc4ccccc43)cc2)n[nH]1. The van der Waals surface area contributed by atoms with E-state index in [-0.39, 0.29) is 5.91 Å². The quantitative estimate of drug-likeness (QED) is 0.741. The van der Waals surface area contributed by atoms with E-state index in [0.29, 0.717) is 11.4 Å². The average Bonchev–Trinajstić information content (AvgIpc) is 3.32. The summed E-state index contributed by atoms with van der Waals surface area (Å²) in [5.74, 6) is 1.34. The minimum absolute atomic E-state index is 0.0496. The van der Waals surface area contributed by atoms with E-state index < -0.39 is 0 Å². The number of nitrogens with zero attached hydrogens (tertiary/aromatic N) is 4. The number of hydrogen-bond acceptors (Lipinski definition) is 4. The maximum Gasteiger partial charge on any atom is 0.262 e. The molecule has 1 N–H and O–H groups in total. The summed E-state index contributed by atoms with van der Waals surface area (Å²) in [6.07, 6.45) is 7.00. The Kier molecular flexibility index (Phi) is 3.83. The lowest BCUT2D eigenvalue weighted by molar-refractivity contribution is 0.0997. The Balaban J connectivity index is 1.51. The molecule has 2 aliphatic heterocycles. The fourth-order valence-corrected chi connectivity index (χ4v) is 3.62. The van der Waals surface area contributed by atoms with E-state index >= 15 is 0 Å². The molecule has 1 amide bonds. The van der Waals surface area contributed by atoms with E-state index in [1.807, 2.05) is 55.6 Å². The minimum atomic E-state index is -0.0496. The number of aromatic amines is 1. The molecule has 0 atom stereocenters. The maximum atomic E-state index is 13.4. The highest BCUT2D eigenvalue weighted by atomic mass is 16.2. The molecule has 0 aliphatic carbocycles. The Bertz CT molecular complexity index is 1110. The van der Waals surface area contributed by atoms with Gasteiger partial charge in [-0.05, 0) is 30.7 Å². The molecule has 0 spiro atoms. The lowest BCUT2D eigenvalue weighted by Gasteiger charge is -2.20. The first-order chi connectivity index (χ1) is 13.7. The van der Waals surface area contributed by atoms with Crippen LogP contribution in [0.4, 0.5) is 5.69 Å². The van der Waals surface area contributed by atoms with Crippen molar-refractivity contribution in [3.63, 3.8) is 0 Å². The molecule has 0 saturated carbocycles. The highest BCUT2D eigenvalue weighted by Gasteiger charge is 2.25. The molecule has 1 aromatic heterocycles. The molecule has 0 bridgehead atoms. The number of anilines is 1. The van der Waals surface area contributed by atoms with Crippen LogP contribution in [0.25, 0.3) is 11.4 Å². The van der Waals surface area contributed by atoms with Crippen LogP contribution >= 0.6 is 0 Å². The normalized spacial score (nSPS) is 15.1. The van der Waals surface area contributed by atoms with E-state index in [1.54, 1.807) is 4.90 Å². The van der Waals surface area contributed by atoms with Crippen LogP contribution in [-0.2, 0) is 6.54 Å². The molecule has 28 heavy (non-hydrogen) atoms. The first-order valence-corrected chi connectivity index (χ1v) is 9.24. The summed E-state index contributed by atoms with van der Waals surface area (Å²) in [4.78, 5) is 21.7. The minimum Gasteiger partial charge on any atom is -0.346 e.